The van der Waals surface area contributed by atoms with Gasteiger partial charge in [0.05, 0.1) is 0 Å². The number of ether oxygens (including phenoxy) is 2. The number of hydrogen-bond donors (Lipinski definition) is 0. The number of benzene rings is 1. The third kappa shape index (κ3) is 6.18. The Hall–Kier alpha value is -1.02. The first-order chi connectivity index (χ1) is 10.4. The second-order valence-corrected chi connectivity index (χ2v) is 9.17. The van der Waals surface area contributed by atoms with Crippen molar-refractivity contribution in [2.75, 3.05) is 7.11 Å². The Morgan fingerprint density at radius 1 is 0.870 bits per heavy atom. The number of methoxy groups -OCH3 is 1. The van der Waals surface area contributed by atoms with E-state index < -0.39 is 0 Å². The van der Waals surface area contributed by atoms with E-state index in [1.54, 1.807) is 7.11 Å². The Morgan fingerprint density at radius 3 is 1.74 bits per heavy atom. The summed E-state index contributed by atoms with van der Waals surface area (Å²) in [7, 11) is 1.70. The maximum Gasteiger partial charge on any atom is 0.204 e. The minimum absolute atomic E-state index is 0.0565. The molecular weight excluding hydrogens is 284 g/mol. The van der Waals surface area contributed by atoms with Gasteiger partial charge >= 0.3 is 0 Å². The van der Waals surface area contributed by atoms with Crippen LogP contribution in [-0.2, 0) is 4.74 Å². The van der Waals surface area contributed by atoms with Gasteiger partial charge in [0.2, 0.25) is 6.29 Å². The molecule has 0 saturated carbocycles. The summed E-state index contributed by atoms with van der Waals surface area (Å²) in [5.74, 6) is 2.11. The number of rotatable bonds is 6. The largest absolute Gasteiger partial charge is 0.464 e. The highest BCUT2D eigenvalue weighted by molar-refractivity contribution is 5.30. The van der Waals surface area contributed by atoms with E-state index in [4.69, 9.17) is 9.47 Å². The molecule has 2 nitrogen and oxygen atoms in total. The van der Waals surface area contributed by atoms with E-state index >= 15 is 0 Å². The minimum atomic E-state index is -0.248. The van der Waals surface area contributed by atoms with Crippen LogP contribution in [0.3, 0.4) is 0 Å². The lowest BCUT2D eigenvalue weighted by molar-refractivity contribution is -0.120. The van der Waals surface area contributed by atoms with Gasteiger partial charge in [-0.3, -0.25) is 0 Å². The molecule has 2 heteroatoms. The van der Waals surface area contributed by atoms with Crippen molar-refractivity contribution in [2.24, 2.45) is 16.7 Å². The first-order valence-electron chi connectivity index (χ1n) is 8.74. The van der Waals surface area contributed by atoms with E-state index in [2.05, 4.69) is 79.7 Å². The first-order valence-corrected chi connectivity index (χ1v) is 8.74. The second-order valence-electron chi connectivity index (χ2n) is 9.17. The fraction of sp³-hybridized carbons (Fsp3) is 0.714. The summed E-state index contributed by atoms with van der Waals surface area (Å²) in [5.41, 5.74) is 1.59. The lowest BCUT2D eigenvalue weighted by Gasteiger charge is -2.33. The maximum absolute atomic E-state index is 6.01. The summed E-state index contributed by atoms with van der Waals surface area (Å²) in [6.45, 7) is 17.9. The van der Waals surface area contributed by atoms with E-state index in [1.165, 1.54) is 12.0 Å². The van der Waals surface area contributed by atoms with Gasteiger partial charge in [-0.25, -0.2) is 0 Å². The highest BCUT2D eigenvalue weighted by Crippen LogP contribution is 2.40. The van der Waals surface area contributed by atoms with Crippen molar-refractivity contribution in [1.82, 2.24) is 0 Å². The minimum Gasteiger partial charge on any atom is -0.464 e. The molecule has 1 aromatic carbocycles. The van der Waals surface area contributed by atoms with Crippen LogP contribution in [0.2, 0.25) is 0 Å². The van der Waals surface area contributed by atoms with Crippen LogP contribution in [0, 0.1) is 16.7 Å². The third-order valence-corrected chi connectivity index (χ3v) is 4.20. The van der Waals surface area contributed by atoms with Gasteiger partial charge in [0.15, 0.2) is 0 Å². The van der Waals surface area contributed by atoms with Crippen molar-refractivity contribution >= 4 is 0 Å². The summed E-state index contributed by atoms with van der Waals surface area (Å²) < 4.78 is 11.5. The van der Waals surface area contributed by atoms with Crippen LogP contribution >= 0.6 is 0 Å². The SMILES string of the molecule is COC(Oc1ccc(C(CC(C)C)C(C)(C)C)cc1)C(C)(C)C. The quantitative estimate of drug-likeness (QED) is 0.576. The molecule has 2 unspecified atom stereocenters. The van der Waals surface area contributed by atoms with Crippen LogP contribution in [0.4, 0.5) is 0 Å². The topological polar surface area (TPSA) is 18.5 Å². The summed E-state index contributed by atoms with van der Waals surface area (Å²) in [6.07, 6.45) is 0.953. The molecule has 0 saturated heterocycles. The van der Waals surface area contributed by atoms with Crippen molar-refractivity contribution in [3.63, 3.8) is 0 Å². The molecular formula is C21H36O2. The highest BCUT2D eigenvalue weighted by atomic mass is 16.7. The van der Waals surface area contributed by atoms with Gasteiger partial charge in [-0.15, -0.1) is 0 Å². The fourth-order valence-corrected chi connectivity index (χ4v) is 2.94. The zero-order valence-corrected chi connectivity index (χ0v) is 16.6. The molecule has 0 amide bonds. The lowest BCUT2D eigenvalue weighted by atomic mass is 9.72. The molecule has 0 fully saturated rings. The van der Waals surface area contributed by atoms with Gasteiger partial charge < -0.3 is 9.47 Å². The summed E-state index contributed by atoms with van der Waals surface area (Å²) in [6, 6.07) is 8.57. The normalized spacial score (nSPS) is 15.6. The highest BCUT2D eigenvalue weighted by Gasteiger charge is 2.28. The lowest BCUT2D eigenvalue weighted by Crippen LogP contribution is -2.33. The van der Waals surface area contributed by atoms with Gasteiger partial charge in [-0.2, -0.15) is 0 Å². The van der Waals surface area contributed by atoms with Crippen LogP contribution in [0.25, 0.3) is 0 Å². The van der Waals surface area contributed by atoms with Crippen LogP contribution in [0.5, 0.6) is 5.75 Å². The molecule has 0 aliphatic rings. The van der Waals surface area contributed by atoms with Crippen LogP contribution in [0.1, 0.15) is 73.3 Å². The van der Waals surface area contributed by atoms with E-state index in [9.17, 15) is 0 Å². The fourth-order valence-electron chi connectivity index (χ4n) is 2.94. The first kappa shape index (κ1) is 20.0. The van der Waals surface area contributed by atoms with Gasteiger partial charge in [0, 0.05) is 12.5 Å². The molecule has 1 aromatic rings. The van der Waals surface area contributed by atoms with Crippen molar-refractivity contribution in [2.45, 2.75) is 74.0 Å². The predicted molar refractivity (Wildman–Crippen MR) is 99.0 cm³/mol. The molecule has 0 aliphatic carbocycles. The zero-order valence-electron chi connectivity index (χ0n) is 16.6. The van der Waals surface area contributed by atoms with E-state index in [0.29, 0.717) is 11.8 Å². The van der Waals surface area contributed by atoms with Gasteiger partial charge in [-0.05, 0) is 41.4 Å². The average Bonchev–Trinajstić information content (AvgIpc) is 2.40. The monoisotopic (exact) mass is 320 g/mol. The molecule has 2 atom stereocenters. The molecule has 0 radical (unpaired) electrons. The van der Waals surface area contributed by atoms with E-state index in [0.717, 1.165) is 5.75 Å². The summed E-state index contributed by atoms with van der Waals surface area (Å²) >= 11 is 0. The van der Waals surface area contributed by atoms with E-state index in [-0.39, 0.29) is 17.1 Å². The Labute approximate surface area is 143 Å². The Bertz CT molecular complexity index is 460. The molecule has 0 bridgehead atoms. The predicted octanol–water partition coefficient (Wildman–Crippen LogP) is 6.26. The molecule has 0 spiro atoms. The molecule has 0 heterocycles. The number of hydrogen-bond acceptors (Lipinski definition) is 2. The van der Waals surface area contributed by atoms with Crippen molar-refractivity contribution in [3.05, 3.63) is 29.8 Å². The van der Waals surface area contributed by atoms with Crippen LogP contribution < -0.4 is 4.74 Å². The van der Waals surface area contributed by atoms with Gasteiger partial charge in [0.1, 0.15) is 5.75 Å². The summed E-state index contributed by atoms with van der Waals surface area (Å²) in [4.78, 5) is 0. The molecule has 0 aromatic heterocycles. The molecule has 1 rings (SSSR count). The standard InChI is InChI=1S/C21H36O2/c1-15(2)14-18(20(3,4)5)16-10-12-17(13-11-16)23-19(22-9)21(6,7)8/h10-13,15,18-19H,14H2,1-9H3. The van der Waals surface area contributed by atoms with E-state index in [1.807, 2.05) is 0 Å². The molecule has 132 valence electrons. The van der Waals surface area contributed by atoms with Crippen LogP contribution in [0.15, 0.2) is 24.3 Å². The second kappa shape index (κ2) is 7.70. The molecule has 0 aliphatic heterocycles. The maximum atomic E-state index is 6.01. The van der Waals surface area contributed by atoms with Crippen molar-refractivity contribution < 1.29 is 9.47 Å². The smallest absolute Gasteiger partial charge is 0.204 e. The molecule has 0 N–H and O–H groups in total. The molecule has 23 heavy (non-hydrogen) atoms. The van der Waals surface area contributed by atoms with Crippen molar-refractivity contribution in [1.29, 1.82) is 0 Å². The zero-order chi connectivity index (χ0) is 17.8. The van der Waals surface area contributed by atoms with Gasteiger partial charge in [-0.1, -0.05) is 67.5 Å². The van der Waals surface area contributed by atoms with Crippen LogP contribution in [-0.4, -0.2) is 13.4 Å². The third-order valence-electron chi connectivity index (χ3n) is 4.20. The Morgan fingerprint density at radius 2 is 1.39 bits per heavy atom. The Kier molecular flexibility index (Phi) is 6.70. The van der Waals surface area contributed by atoms with Gasteiger partial charge in [0.25, 0.3) is 0 Å². The Balaban J connectivity index is 2.93. The van der Waals surface area contributed by atoms with Crippen molar-refractivity contribution in [3.8, 4) is 5.75 Å². The average molecular weight is 321 g/mol. The summed E-state index contributed by atoms with van der Waals surface area (Å²) in [5, 5.41) is 0.